The Hall–Kier alpha value is -2.51. The highest BCUT2D eigenvalue weighted by Gasteiger charge is 2.37. The fourth-order valence-electron chi connectivity index (χ4n) is 4.17. The van der Waals surface area contributed by atoms with Crippen LogP contribution in [0.4, 0.5) is 0 Å². The first-order valence-electron chi connectivity index (χ1n) is 11.2. The highest BCUT2D eigenvalue weighted by atomic mass is 31.2. The summed E-state index contributed by atoms with van der Waals surface area (Å²) in [7, 11) is -3.22. The summed E-state index contributed by atoms with van der Waals surface area (Å²) in [5.41, 5.74) is 4.76. The maximum atomic E-state index is 14.5. The Morgan fingerprint density at radius 3 is 2.16 bits per heavy atom. The second kappa shape index (κ2) is 7.81. The standard InChI is InChI=1S/C28H33O3P/c1-19-16-21(27(2,3)4)17-20(26(19)30-28(5,6)7)18-32(29)25-15-11-9-13-23(25)22-12-8-10-14-24(22)31-32/h8-17H,18H2,1-7H3. The Balaban J connectivity index is 1.88. The lowest BCUT2D eigenvalue weighted by Gasteiger charge is -2.31. The number of ether oxygens (including phenoxy) is 1. The van der Waals surface area contributed by atoms with Gasteiger partial charge < -0.3 is 9.26 Å². The highest BCUT2D eigenvalue weighted by Crippen LogP contribution is 2.57. The van der Waals surface area contributed by atoms with Crippen LogP contribution in [0.25, 0.3) is 11.1 Å². The van der Waals surface area contributed by atoms with Gasteiger partial charge in [-0.05, 0) is 61.9 Å². The SMILES string of the molecule is Cc1cc(C(C)(C)C)cc(CP2(=O)Oc3ccccc3-c3ccccc32)c1OC(C)(C)C. The number of rotatable bonds is 3. The lowest BCUT2D eigenvalue weighted by Crippen LogP contribution is -2.25. The van der Waals surface area contributed by atoms with Crippen molar-refractivity contribution in [1.29, 1.82) is 0 Å². The van der Waals surface area contributed by atoms with Gasteiger partial charge in [0, 0.05) is 11.1 Å². The Morgan fingerprint density at radius 2 is 1.50 bits per heavy atom. The van der Waals surface area contributed by atoms with Crippen LogP contribution < -0.4 is 14.6 Å². The first-order chi connectivity index (χ1) is 14.9. The summed E-state index contributed by atoms with van der Waals surface area (Å²) in [6.45, 7) is 14.8. The summed E-state index contributed by atoms with van der Waals surface area (Å²) in [6.07, 6.45) is 0.286. The van der Waals surface area contributed by atoms with E-state index in [-0.39, 0.29) is 17.2 Å². The minimum absolute atomic E-state index is 0.0355. The Kier molecular flexibility index (Phi) is 5.54. The zero-order valence-corrected chi connectivity index (χ0v) is 21.0. The summed E-state index contributed by atoms with van der Waals surface area (Å²) in [4.78, 5) is 0. The molecule has 3 aromatic carbocycles. The molecule has 1 unspecified atom stereocenters. The molecule has 0 radical (unpaired) electrons. The molecule has 4 heteroatoms. The predicted octanol–water partition coefficient (Wildman–Crippen LogP) is 7.63. The van der Waals surface area contributed by atoms with E-state index in [9.17, 15) is 4.57 Å². The molecule has 1 aliphatic rings. The van der Waals surface area contributed by atoms with Crippen molar-refractivity contribution in [3.05, 3.63) is 77.4 Å². The van der Waals surface area contributed by atoms with E-state index in [0.717, 1.165) is 33.3 Å². The Labute approximate surface area is 192 Å². The number of hydrogen-bond donors (Lipinski definition) is 0. The monoisotopic (exact) mass is 448 g/mol. The predicted molar refractivity (Wildman–Crippen MR) is 134 cm³/mol. The van der Waals surface area contributed by atoms with Gasteiger partial charge in [-0.3, -0.25) is 4.57 Å². The molecule has 0 saturated heterocycles. The molecular weight excluding hydrogens is 415 g/mol. The van der Waals surface area contributed by atoms with E-state index in [1.54, 1.807) is 0 Å². The Bertz CT molecular complexity index is 1210. The number of para-hydroxylation sites is 1. The lowest BCUT2D eigenvalue weighted by molar-refractivity contribution is 0.128. The molecule has 0 spiro atoms. The van der Waals surface area contributed by atoms with Gasteiger partial charge in [-0.25, -0.2) is 0 Å². The summed E-state index contributed by atoms with van der Waals surface area (Å²) in [5.74, 6) is 1.48. The third kappa shape index (κ3) is 4.36. The van der Waals surface area contributed by atoms with Gasteiger partial charge in [-0.2, -0.15) is 0 Å². The van der Waals surface area contributed by atoms with Gasteiger partial charge in [0.25, 0.3) is 7.37 Å². The van der Waals surface area contributed by atoms with Crippen molar-refractivity contribution in [2.45, 2.75) is 65.6 Å². The molecule has 4 rings (SSSR count). The molecule has 32 heavy (non-hydrogen) atoms. The zero-order chi connectivity index (χ0) is 23.3. The average molecular weight is 449 g/mol. The van der Waals surface area contributed by atoms with E-state index in [1.807, 2.05) is 69.3 Å². The summed E-state index contributed by atoms with van der Waals surface area (Å²) < 4.78 is 27.2. The number of hydrogen-bond acceptors (Lipinski definition) is 3. The normalized spacial score (nSPS) is 17.8. The van der Waals surface area contributed by atoms with Crippen LogP contribution in [0.1, 0.15) is 58.2 Å². The van der Waals surface area contributed by atoms with Gasteiger partial charge >= 0.3 is 0 Å². The molecule has 0 N–H and O–H groups in total. The third-order valence-corrected chi connectivity index (χ3v) is 8.07. The maximum Gasteiger partial charge on any atom is 0.282 e. The molecule has 0 bridgehead atoms. The van der Waals surface area contributed by atoms with Crippen molar-refractivity contribution in [2.24, 2.45) is 0 Å². The molecule has 3 nitrogen and oxygen atoms in total. The number of aryl methyl sites for hydroxylation is 1. The second-order valence-corrected chi connectivity index (χ2v) is 13.0. The fourth-order valence-corrected chi connectivity index (χ4v) is 6.54. The van der Waals surface area contributed by atoms with Crippen LogP contribution >= 0.6 is 7.37 Å². The summed E-state index contributed by atoms with van der Waals surface area (Å²) in [5, 5.41) is 0.777. The first-order valence-corrected chi connectivity index (χ1v) is 13.0. The quantitative estimate of drug-likeness (QED) is 0.386. The van der Waals surface area contributed by atoms with Crippen molar-refractivity contribution in [2.75, 3.05) is 0 Å². The largest absolute Gasteiger partial charge is 0.488 e. The maximum absolute atomic E-state index is 14.5. The van der Waals surface area contributed by atoms with Crippen molar-refractivity contribution in [1.82, 2.24) is 0 Å². The molecular formula is C28H33O3P. The van der Waals surface area contributed by atoms with Crippen LogP contribution in [0.3, 0.4) is 0 Å². The zero-order valence-electron chi connectivity index (χ0n) is 20.2. The molecule has 1 atom stereocenters. The Morgan fingerprint density at radius 1 is 0.875 bits per heavy atom. The molecule has 0 aromatic heterocycles. The van der Waals surface area contributed by atoms with Crippen molar-refractivity contribution in [3.63, 3.8) is 0 Å². The van der Waals surface area contributed by atoms with Crippen molar-refractivity contribution >= 4 is 12.7 Å². The second-order valence-electron chi connectivity index (χ2n) is 10.7. The van der Waals surface area contributed by atoms with Crippen LogP contribution in [0.15, 0.2) is 60.7 Å². The third-order valence-electron chi connectivity index (χ3n) is 5.70. The molecule has 0 saturated carbocycles. The van der Waals surface area contributed by atoms with Crippen LogP contribution in [0.2, 0.25) is 0 Å². The van der Waals surface area contributed by atoms with Crippen molar-refractivity contribution in [3.8, 4) is 22.6 Å². The van der Waals surface area contributed by atoms with E-state index in [1.165, 1.54) is 5.56 Å². The van der Waals surface area contributed by atoms with E-state index >= 15 is 0 Å². The van der Waals surface area contributed by atoms with Gasteiger partial charge in [0.05, 0.1) is 11.5 Å². The lowest BCUT2D eigenvalue weighted by atomic mass is 9.85. The van der Waals surface area contributed by atoms with Crippen LogP contribution in [0.5, 0.6) is 11.5 Å². The minimum atomic E-state index is -3.22. The molecule has 0 fully saturated rings. The first kappa shape index (κ1) is 22.7. The fraction of sp³-hybridized carbons (Fsp3) is 0.357. The van der Waals surface area contributed by atoms with Crippen LogP contribution in [-0.2, 0) is 16.1 Å². The molecule has 168 valence electrons. The summed E-state index contributed by atoms with van der Waals surface area (Å²) in [6, 6.07) is 20.1. The van der Waals surface area contributed by atoms with E-state index in [2.05, 4.69) is 39.8 Å². The van der Waals surface area contributed by atoms with Gasteiger partial charge in [0.1, 0.15) is 17.1 Å². The van der Waals surface area contributed by atoms with Gasteiger partial charge in [0.15, 0.2) is 0 Å². The number of benzene rings is 3. The molecule has 1 aliphatic heterocycles. The molecule has 0 amide bonds. The van der Waals surface area contributed by atoms with Gasteiger partial charge in [-0.15, -0.1) is 0 Å². The minimum Gasteiger partial charge on any atom is -0.488 e. The van der Waals surface area contributed by atoms with E-state index < -0.39 is 7.37 Å². The van der Waals surface area contributed by atoms with Crippen molar-refractivity contribution < 1.29 is 13.8 Å². The van der Waals surface area contributed by atoms with Gasteiger partial charge in [0.2, 0.25) is 0 Å². The highest BCUT2D eigenvalue weighted by molar-refractivity contribution is 7.67. The smallest absolute Gasteiger partial charge is 0.282 e. The molecule has 1 heterocycles. The van der Waals surface area contributed by atoms with E-state index in [4.69, 9.17) is 9.26 Å². The van der Waals surface area contributed by atoms with Gasteiger partial charge in [-0.1, -0.05) is 69.3 Å². The van der Waals surface area contributed by atoms with E-state index in [0.29, 0.717) is 5.75 Å². The molecule has 0 aliphatic carbocycles. The molecule has 3 aromatic rings. The number of fused-ring (bicyclic) bond motifs is 3. The van der Waals surface area contributed by atoms with Crippen LogP contribution in [0, 0.1) is 6.92 Å². The topological polar surface area (TPSA) is 35.5 Å². The van der Waals surface area contributed by atoms with Crippen LogP contribution in [-0.4, -0.2) is 5.60 Å². The summed E-state index contributed by atoms with van der Waals surface area (Å²) >= 11 is 0. The average Bonchev–Trinajstić information content (AvgIpc) is 2.69.